The second-order valence-corrected chi connectivity index (χ2v) is 4.13. The van der Waals surface area contributed by atoms with Crippen molar-refractivity contribution in [1.82, 2.24) is 0 Å². The van der Waals surface area contributed by atoms with E-state index in [2.05, 4.69) is 10.6 Å². The van der Waals surface area contributed by atoms with Gasteiger partial charge in [-0.15, -0.1) is 0 Å². The fraction of sp³-hybridized carbons (Fsp3) is 0.0714. The Morgan fingerprint density at radius 2 is 1.57 bits per heavy atom. The predicted octanol–water partition coefficient (Wildman–Crippen LogP) is 3.29. The zero-order valence-corrected chi connectivity index (χ0v) is 10.6. The van der Waals surface area contributed by atoms with E-state index < -0.39 is 34.9 Å². The van der Waals surface area contributed by atoms with Gasteiger partial charge in [0.05, 0.1) is 6.54 Å². The fourth-order valence-corrected chi connectivity index (χ4v) is 1.59. The number of nitrogens with one attached hydrogen (secondary N) is 2. The largest absolute Gasteiger partial charge is 0.376 e. The first-order valence-corrected chi connectivity index (χ1v) is 5.90. The number of carbonyl (C=O) groups is 1. The summed E-state index contributed by atoms with van der Waals surface area (Å²) in [6, 6.07) is 6.16. The molecule has 2 rings (SSSR count). The number of carbonyl (C=O) groups excluding carboxylic acids is 1. The molecule has 0 aliphatic rings. The summed E-state index contributed by atoms with van der Waals surface area (Å²) in [4.78, 5) is 11.6. The zero-order valence-electron chi connectivity index (χ0n) is 10.6. The van der Waals surface area contributed by atoms with Crippen LogP contribution < -0.4 is 10.6 Å². The van der Waals surface area contributed by atoms with Gasteiger partial charge in [0.1, 0.15) is 17.3 Å². The monoisotopic (exact) mass is 298 g/mol. The van der Waals surface area contributed by atoms with Crippen molar-refractivity contribution in [1.29, 1.82) is 0 Å². The highest BCUT2D eigenvalue weighted by Gasteiger charge is 2.11. The van der Waals surface area contributed by atoms with E-state index in [9.17, 15) is 22.4 Å². The third-order valence-corrected chi connectivity index (χ3v) is 2.60. The highest BCUT2D eigenvalue weighted by atomic mass is 19.2. The summed E-state index contributed by atoms with van der Waals surface area (Å²) in [5.74, 6) is -4.63. The van der Waals surface area contributed by atoms with Crippen LogP contribution in [-0.4, -0.2) is 12.5 Å². The topological polar surface area (TPSA) is 41.1 Å². The average molecular weight is 298 g/mol. The van der Waals surface area contributed by atoms with E-state index in [0.717, 1.165) is 24.3 Å². The molecule has 21 heavy (non-hydrogen) atoms. The summed E-state index contributed by atoms with van der Waals surface area (Å²) < 4.78 is 52.3. The van der Waals surface area contributed by atoms with E-state index in [4.69, 9.17) is 0 Å². The molecule has 2 aromatic carbocycles. The molecule has 0 spiro atoms. The lowest BCUT2D eigenvalue weighted by atomic mass is 10.3. The Morgan fingerprint density at radius 3 is 2.19 bits per heavy atom. The number of hydrogen-bond acceptors (Lipinski definition) is 2. The van der Waals surface area contributed by atoms with E-state index in [1.807, 2.05) is 0 Å². The minimum atomic E-state index is -1.07. The van der Waals surface area contributed by atoms with Gasteiger partial charge < -0.3 is 10.6 Å². The molecule has 0 bridgehead atoms. The molecule has 0 fully saturated rings. The van der Waals surface area contributed by atoms with Crippen molar-refractivity contribution in [3.05, 3.63) is 59.7 Å². The van der Waals surface area contributed by atoms with Gasteiger partial charge in [0.25, 0.3) is 0 Å². The van der Waals surface area contributed by atoms with Crippen LogP contribution in [0.3, 0.4) is 0 Å². The van der Waals surface area contributed by atoms with Crippen LogP contribution in [0.1, 0.15) is 0 Å². The van der Waals surface area contributed by atoms with Crippen LogP contribution in [0.4, 0.5) is 28.9 Å². The lowest BCUT2D eigenvalue weighted by Gasteiger charge is -2.09. The standard InChI is InChI=1S/C14H10F4N2O/c15-9-5-4-8(6-12(9)18)19-7-13(21)20-14-10(16)2-1-3-11(14)17/h1-6,19H,7H2,(H,20,21). The summed E-state index contributed by atoms with van der Waals surface area (Å²) in [6.07, 6.45) is 0. The molecule has 0 saturated carbocycles. The molecule has 3 nitrogen and oxygen atoms in total. The van der Waals surface area contributed by atoms with Gasteiger partial charge in [-0.2, -0.15) is 0 Å². The molecule has 7 heteroatoms. The summed E-state index contributed by atoms with van der Waals surface area (Å²) in [5, 5.41) is 4.56. The van der Waals surface area contributed by atoms with Gasteiger partial charge in [0.15, 0.2) is 11.6 Å². The molecule has 2 N–H and O–H groups in total. The zero-order chi connectivity index (χ0) is 15.4. The Balaban J connectivity index is 1.97. The summed E-state index contributed by atoms with van der Waals surface area (Å²) in [5.41, 5.74) is -0.396. The number of rotatable bonds is 4. The molecular weight excluding hydrogens is 288 g/mol. The lowest BCUT2D eigenvalue weighted by Crippen LogP contribution is -2.23. The number of halogens is 4. The molecule has 0 unspecified atom stereocenters. The number of para-hydroxylation sites is 1. The van der Waals surface area contributed by atoms with Gasteiger partial charge in [-0.25, -0.2) is 17.6 Å². The van der Waals surface area contributed by atoms with Gasteiger partial charge in [-0.1, -0.05) is 6.07 Å². The van der Waals surface area contributed by atoms with Crippen molar-refractivity contribution in [2.24, 2.45) is 0 Å². The van der Waals surface area contributed by atoms with E-state index >= 15 is 0 Å². The van der Waals surface area contributed by atoms with Gasteiger partial charge >= 0.3 is 0 Å². The molecule has 2 aromatic rings. The molecule has 0 radical (unpaired) electrons. The van der Waals surface area contributed by atoms with Crippen LogP contribution in [0.15, 0.2) is 36.4 Å². The minimum absolute atomic E-state index is 0.165. The second kappa shape index (κ2) is 6.25. The second-order valence-electron chi connectivity index (χ2n) is 4.13. The van der Waals surface area contributed by atoms with Crippen molar-refractivity contribution in [2.45, 2.75) is 0 Å². The third kappa shape index (κ3) is 3.71. The maximum atomic E-state index is 13.3. The highest BCUT2D eigenvalue weighted by Crippen LogP contribution is 2.18. The highest BCUT2D eigenvalue weighted by molar-refractivity contribution is 5.93. The quantitative estimate of drug-likeness (QED) is 0.850. The average Bonchev–Trinajstić information content (AvgIpc) is 2.44. The maximum absolute atomic E-state index is 13.3. The van der Waals surface area contributed by atoms with E-state index in [1.54, 1.807) is 0 Å². The SMILES string of the molecule is O=C(CNc1ccc(F)c(F)c1)Nc1c(F)cccc1F. The van der Waals surface area contributed by atoms with Gasteiger partial charge in [-0.3, -0.25) is 4.79 Å². The number of amides is 1. The van der Waals surface area contributed by atoms with Crippen LogP contribution in [0.5, 0.6) is 0 Å². The smallest absolute Gasteiger partial charge is 0.243 e. The summed E-state index contributed by atoms with van der Waals surface area (Å²) in [7, 11) is 0. The molecule has 1 amide bonds. The summed E-state index contributed by atoms with van der Waals surface area (Å²) in [6.45, 7) is -0.362. The molecule has 110 valence electrons. The Morgan fingerprint density at radius 1 is 0.905 bits per heavy atom. The molecule has 0 aliphatic carbocycles. The van der Waals surface area contributed by atoms with Crippen molar-refractivity contribution in [3.8, 4) is 0 Å². The first kappa shape index (κ1) is 14.8. The van der Waals surface area contributed by atoms with Crippen LogP contribution in [0.25, 0.3) is 0 Å². The fourth-order valence-electron chi connectivity index (χ4n) is 1.59. The van der Waals surface area contributed by atoms with Crippen LogP contribution in [0, 0.1) is 23.3 Å². The van der Waals surface area contributed by atoms with Crippen molar-refractivity contribution >= 4 is 17.3 Å². The van der Waals surface area contributed by atoms with E-state index in [-0.39, 0.29) is 12.2 Å². The van der Waals surface area contributed by atoms with Crippen molar-refractivity contribution in [2.75, 3.05) is 17.2 Å². The van der Waals surface area contributed by atoms with Crippen LogP contribution >= 0.6 is 0 Å². The molecule has 0 aliphatic heterocycles. The molecular formula is C14H10F4N2O. The first-order chi connectivity index (χ1) is 9.97. The number of anilines is 2. The molecule has 0 aromatic heterocycles. The lowest BCUT2D eigenvalue weighted by molar-refractivity contribution is -0.114. The normalized spacial score (nSPS) is 10.3. The molecule has 0 saturated heterocycles. The molecule has 0 atom stereocenters. The minimum Gasteiger partial charge on any atom is -0.376 e. The van der Waals surface area contributed by atoms with Gasteiger partial charge in [0.2, 0.25) is 5.91 Å². The predicted molar refractivity (Wildman–Crippen MR) is 69.8 cm³/mol. The van der Waals surface area contributed by atoms with Crippen molar-refractivity contribution < 1.29 is 22.4 Å². The number of hydrogen-bond donors (Lipinski definition) is 2. The summed E-state index contributed by atoms with van der Waals surface area (Å²) >= 11 is 0. The Kier molecular flexibility index (Phi) is 4.42. The first-order valence-electron chi connectivity index (χ1n) is 5.90. The van der Waals surface area contributed by atoms with Crippen LogP contribution in [-0.2, 0) is 4.79 Å². The van der Waals surface area contributed by atoms with Crippen LogP contribution in [0.2, 0.25) is 0 Å². The maximum Gasteiger partial charge on any atom is 0.243 e. The number of benzene rings is 2. The van der Waals surface area contributed by atoms with Gasteiger partial charge in [-0.05, 0) is 24.3 Å². The van der Waals surface area contributed by atoms with E-state index in [1.165, 1.54) is 12.1 Å². The van der Waals surface area contributed by atoms with E-state index in [0.29, 0.717) is 0 Å². The Bertz CT molecular complexity index is 656. The third-order valence-electron chi connectivity index (χ3n) is 2.60. The van der Waals surface area contributed by atoms with Crippen molar-refractivity contribution in [3.63, 3.8) is 0 Å². The Hall–Kier alpha value is -2.57. The molecule has 0 heterocycles. The Labute approximate surface area is 117 Å². The van der Waals surface area contributed by atoms with Gasteiger partial charge in [0, 0.05) is 11.8 Å².